The number of aromatic nitrogens is 3. The Labute approximate surface area is 210 Å². The Kier molecular flexibility index (Phi) is 6.78. The van der Waals surface area contributed by atoms with Crippen molar-refractivity contribution in [2.45, 2.75) is 56.7 Å². The number of likely N-dealkylation sites (tertiary alicyclic amines) is 1. The van der Waals surface area contributed by atoms with Crippen molar-refractivity contribution in [3.05, 3.63) is 53.5 Å². The molecule has 5 rings (SSSR count). The number of nitrogens with one attached hydrogen (secondary N) is 1. The second-order valence-electron chi connectivity index (χ2n) is 9.74. The van der Waals surface area contributed by atoms with Gasteiger partial charge in [-0.15, -0.1) is 13.2 Å². The number of alkyl halides is 3. The van der Waals surface area contributed by atoms with E-state index >= 15 is 0 Å². The van der Waals surface area contributed by atoms with Gasteiger partial charge < -0.3 is 19.7 Å². The molecule has 1 aromatic carbocycles. The average molecular weight is 517 g/mol. The number of nitrogens with zero attached hydrogens (tertiary/aromatic N) is 3. The molecule has 1 aliphatic heterocycles. The van der Waals surface area contributed by atoms with Crippen molar-refractivity contribution in [3.63, 3.8) is 0 Å². The van der Waals surface area contributed by atoms with Gasteiger partial charge in [-0.3, -0.25) is 9.59 Å². The fraction of sp³-hybridized carbons (Fsp3) is 0.462. The number of carboxylic acids is 1. The summed E-state index contributed by atoms with van der Waals surface area (Å²) in [5.74, 6) is -0.378. The van der Waals surface area contributed by atoms with Gasteiger partial charge in [0.15, 0.2) is 5.65 Å². The Hall–Kier alpha value is -3.63. The van der Waals surface area contributed by atoms with Crippen LogP contribution in [0, 0.1) is 5.92 Å². The topological polar surface area (TPSA) is 108 Å². The Morgan fingerprint density at radius 3 is 2.27 bits per heavy atom. The zero-order valence-electron chi connectivity index (χ0n) is 20.0. The molecule has 0 spiro atoms. The molecule has 0 radical (unpaired) electrons. The van der Waals surface area contributed by atoms with Gasteiger partial charge in [0.1, 0.15) is 17.1 Å². The second-order valence-corrected chi connectivity index (χ2v) is 9.74. The number of hydrogen-bond donors (Lipinski definition) is 2. The highest BCUT2D eigenvalue weighted by atomic mass is 19.4. The van der Waals surface area contributed by atoms with Crippen molar-refractivity contribution in [1.29, 1.82) is 0 Å². The third-order valence-corrected chi connectivity index (χ3v) is 7.45. The van der Waals surface area contributed by atoms with Gasteiger partial charge in [0.25, 0.3) is 5.91 Å². The number of pyridine rings is 1. The summed E-state index contributed by atoms with van der Waals surface area (Å²) in [6.07, 6.45) is 1.26. The molecule has 3 aromatic rings. The zero-order chi connectivity index (χ0) is 26.2. The SMILES string of the molecule is O=C(c1ccc(OC(F)(F)F)cc1)N1CCC(c2ccnc3[nH]c([C@H]4CC[C@H](C(=O)O)CC4)nc23)CC1. The lowest BCUT2D eigenvalue weighted by molar-refractivity contribution is -0.274. The first kappa shape index (κ1) is 25.0. The van der Waals surface area contributed by atoms with Gasteiger partial charge in [-0.05, 0) is 80.3 Å². The summed E-state index contributed by atoms with van der Waals surface area (Å²) in [6.45, 7) is 1.04. The highest BCUT2D eigenvalue weighted by molar-refractivity contribution is 5.94. The molecule has 1 saturated heterocycles. The molecular weight excluding hydrogens is 489 g/mol. The van der Waals surface area contributed by atoms with Crippen LogP contribution in [0.15, 0.2) is 36.5 Å². The molecule has 2 fully saturated rings. The number of fused-ring (bicyclic) bond motifs is 1. The van der Waals surface area contributed by atoms with Crippen molar-refractivity contribution < 1.29 is 32.6 Å². The van der Waals surface area contributed by atoms with Crippen LogP contribution in [-0.2, 0) is 4.79 Å². The minimum atomic E-state index is -4.78. The van der Waals surface area contributed by atoms with Gasteiger partial charge in [0.05, 0.1) is 5.92 Å². The van der Waals surface area contributed by atoms with Crippen LogP contribution in [0.4, 0.5) is 13.2 Å². The molecule has 1 saturated carbocycles. The largest absolute Gasteiger partial charge is 0.573 e. The van der Waals surface area contributed by atoms with E-state index < -0.39 is 12.3 Å². The number of carboxylic acid groups (broad SMARTS) is 1. The lowest BCUT2D eigenvalue weighted by Crippen LogP contribution is -2.38. The maximum absolute atomic E-state index is 12.9. The van der Waals surface area contributed by atoms with Gasteiger partial charge in [-0.2, -0.15) is 0 Å². The van der Waals surface area contributed by atoms with Crippen LogP contribution >= 0.6 is 0 Å². The van der Waals surface area contributed by atoms with Crippen molar-refractivity contribution >= 4 is 23.0 Å². The fourth-order valence-electron chi connectivity index (χ4n) is 5.46. The lowest BCUT2D eigenvalue weighted by atomic mass is 9.82. The Morgan fingerprint density at radius 1 is 0.973 bits per heavy atom. The monoisotopic (exact) mass is 516 g/mol. The number of carbonyl (C=O) groups is 2. The Bertz CT molecular complexity index is 1280. The third-order valence-electron chi connectivity index (χ3n) is 7.45. The first-order valence-corrected chi connectivity index (χ1v) is 12.4. The quantitative estimate of drug-likeness (QED) is 0.481. The molecule has 37 heavy (non-hydrogen) atoms. The van der Waals surface area contributed by atoms with Crippen molar-refractivity contribution in [3.8, 4) is 5.75 Å². The number of carbonyl (C=O) groups excluding carboxylic acids is 1. The number of amides is 1. The molecule has 196 valence electrons. The highest BCUT2D eigenvalue weighted by Crippen LogP contribution is 2.37. The summed E-state index contributed by atoms with van der Waals surface area (Å²) in [4.78, 5) is 38.5. The molecule has 2 aliphatic rings. The number of aliphatic carboxylic acids is 1. The predicted molar refractivity (Wildman–Crippen MR) is 127 cm³/mol. The highest BCUT2D eigenvalue weighted by Gasteiger charge is 2.32. The van der Waals surface area contributed by atoms with Crippen LogP contribution in [0.2, 0.25) is 0 Å². The minimum absolute atomic E-state index is 0.185. The van der Waals surface area contributed by atoms with Gasteiger partial charge >= 0.3 is 12.3 Å². The van der Waals surface area contributed by atoms with E-state index in [1.54, 1.807) is 11.1 Å². The molecule has 2 N–H and O–H groups in total. The number of hydrogen-bond acceptors (Lipinski definition) is 5. The van der Waals surface area contributed by atoms with E-state index in [-0.39, 0.29) is 29.4 Å². The number of H-pyrrole nitrogens is 1. The van der Waals surface area contributed by atoms with E-state index in [2.05, 4.69) is 14.7 Å². The number of benzene rings is 1. The molecule has 11 heteroatoms. The summed E-state index contributed by atoms with van der Waals surface area (Å²) in [5.41, 5.74) is 2.93. The smallest absolute Gasteiger partial charge is 0.481 e. The molecule has 1 amide bonds. The van der Waals surface area contributed by atoms with E-state index in [9.17, 15) is 27.9 Å². The standard InChI is InChI=1S/C26H27F3N4O4/c27-26(28,29)37-19-7-5-17(6-8-19)24(34)33-13-10-15(11-14-33)20-9-12-30-23-21(20)31-22(32-23)16-1-3-18(4-2-16)25(35)36/h5-9,12,15-16,18H,1-4,10-11,13-14H2,(H,35,36)(H,30,31,32)/t16-,18-. The van der Waals surface area contributed by atoms with Gasteiger partial charge in [-0.1, -0.05) is 0 Å². The maximum Gasteiger partial charge on any atom is 0.573 e. The Balaban J connectivity index is 1.23. The number of halogens is 3. The van der Waals surface area contributed by atoms with E-state index in [1.807, 2.05) is 6.07 Å². The molecule has 0 unspecified atom stereocenters. The summed E-state index contributed by atoms with van der Waals surface area (Å²) >= 11 is 0. The molecule has 0 bridgehead atoms. The molecule has 8 nitrogen and oxygen atoms in total. The van der Waals surface area contributed by atoms with E-state index in [0.29, 0.717) is 37.1 Å². The van der Waals surface area contributed by atoms with E-state index in [1.165, 1.54) is 12.1 Å². The third kappa shape index (κ3) is 5.55. The first-order chi connectivity index (χ1) is 17.7. The fourth-order valence-corrected chi connectivity index (χ4v) is 5.46. The van der Waals surface area contributed by atoms with Crippen molar-refractivity contribution in [2.24, 2.45) is 5.92 Å². The van der Waals surface area contributed by atoms with Crippen LogP contribution in [0.1, 0.15) is 72.1 Å². The average Bonchev–Trinajstić information content (AvgIpc) is 3.33. The van der Waals surface area contributed by atoms with Crippen LogP contribution in [0.25, 0.3) is 11.2 Å². The van der Waals surface area contributed by atoms with E-state index in [0.717, 1.165) is 54.7 Å². The molecule has 0 atom stereocenters. The van der Waals surface area contributed by atoms with Crippen LogP contribution < -0.4 is 4.74 Å². The zero-order valence-corrected chi connectivity index (χ0v) is 20.0. The van der Waals surface area contributed by atoms with Crippen molar-refractivity contribution in [1.82, 2.24) is 19.9 Å². The molecule has 1 aliphatic carbocycles. The summed E-state index contributed by atoms with van der Waals surface area (Å²) < 4.78 is 41.0. The predicted octanol–water partition coefficient (Wildman–Crippen LogP) is 5.23. The molecule has 3 heterocycles. The number of rotatable bonds is 5. The van der Waals surface area contributed by atoms with Crippen LogP contribution in [-0.4, -0.2) is 56.3 Å². The van der Waals surface area contributed by atoms with Gasteiger partial charge in [0.2, 0.25) is 0 Å². The lowest BCUT2D eigenvalue weighted by Gasteiger charge is -2.32. The number of imidazole rings is 1. The van der Waals surface area contributed by atoms with E-state index in [4.69, 9.17) is 4.98 Å². The van der Waals surface area contributed by atoms with Crippen molar-refractivity contribution in [2.75, 3.05) is 13.1 Å². The summed E-state index contributed by atoms with van der Waals surface area (Å²) in [5, 5.41) is 9.26. The molecule has 2 aromatic heterocycles. The minimum Gasteiger partial charge on any atom is -0.481 e. The summed E-state index contributed by atoms with van der Waals surface area (Å²) in [6, 6.07) is 6.94. The van der Waals surface area contributed by atoms with Crippen LogP contribution in [0.3, 0.4) is 0 Å². The Morgan fingerprint density at radius 2 is 1.65 bits per heavy atom. The normalized spacial score (nSPS) is 21.2. The van der Waals surface area contributed by atoms with Gasteiger partial charge in [-0.25, -0.2) is 9.97 Å². The number of ether oxygens (including phenoxy) is 1. The summed E-state index contributed by atoms with van der Waals surface area (Å²) in [7, 11) is 0. The molecular formula is C26H27F3N4O4. The van der Waals surface area contributed by atoms with Crippen LogP contribution in [0.5, 0.6) is 5.75 Å². The second kappa shape index (κ2) is 10.0. The number of piperidine rings is 1. The maximum atomic E-state index is 12.9. The van der Waals surface area contributed by atoms with Gasteiger partial charge in [0, 0.05) is 30.8 Å². The first-order valence-electron chi connectivity index (χ1n) is 12.4. The number of aromatic amines is 1.